The molecule has 0 aliphatic carbocycles. The standard InChI is InChI=1S/C20H30O2S2/c1-5-19(4,21)14-18(22-15-17-10-7-6-8-11-17)20(16(2)3)23-12-9-13-24-20/h5-8,10-11,16,18,21H,1,9,12-15H2,2-4H3/t18-,19-/m0/s1. The van der Waals surface area contributed by atoms with Crippen molar-refractivity contribution in [2.45, 2.75) is 56.0 Å². The molecule has 2 atom stereocenters. The van der Waals surface area contributed by atoms with Gasteiger partial charge in [0.05, 0.1) is 22.4 Å². The highest BCUT2D eigenvalue weighted by Gasteiger charge is 2.46. The first kappa shape index (κ1) is 19.9. The van der Waals surface area contributed by atoms with E-state index in [2.05, 4.69) is 32.6 Å². The van der Waals surface area contributed by atoms with E-state index in [0.717, 1.165) is 11.5 Å². The SMILES string of the molecule is C=C[C@](C)(O)C[C@H](OCc1ccccc1)C1(C(C)C)SCCCS1. The van der Waals surface area contributed by atoms with Gasteiger partial charge in [-0.25, -0.2) is 0 Å². The van der Waals surface area contributed by atoms with Crippen molar-refractivity contribution in [2.75, 3.05) is 11.5 Å². The van der Waals surface area contributed by atoms with Crippen LogP contribution in [-0.4, -0.2) is 32.4 Å². The van der Waals surface area contributed by atoms with E-state index in [9.17, 15) is 5.11 Å². The summed E-state index contributed by atoms with van der Waals surface area (Å²) in [7, 11) is 0. The molecule has 0 spiro atoms. The third-order valence-corrected chi connectivity index (χ3v) is 8.59. The van der Waals surface area contributed by atoms with Gasteiger partial charge in [0.25, 0.3) is 0 Å². The molecular formula is C20H30O2S2. The van der Waals surface area contributed by atoms with Gasteiger partial charge in [-0.05, 0) is 36.3 Å². The predicted molar refractivity (Wildman–Crippen MR) is 108 cm³/mol. The zero-order chi connectivity index (χ0) is 17.6. The molecule has 1 aliphatic heterocycles. The summed E-state index contributed by atoms with van der Waals surface area (Å²) >= 11 is 4.01. The van der Waals surface area contributed by atoms with Crippen molar-refractivity contribution in [3.8, 4) is 0 Å². The minimum atomic E-state index is -0.915. The summed E-state index contributed by atoms with van der Waals surface area (Å²) in [5, 5.41) is 10.6. The minimum Gasteiger partial charge on any atom is -0.386 e. The molecule has 1 heterocycles. The van der Waals surface area contributed by atoms with Gasteiger partial charge in [-0.2, -0.15) is 0 Å². The van der Waals surface area contributed by atoms with Crippen LogP contribution in [0.4, 0.5) is 0 Å². The molecule has 2 nitrogen and oxygen atoms in total. The van der Waals surface area contributed by atoms with Gasteiger partial charge in [-0.1, -0.05) is 50.3 Å². The van der Waals surface area contributed by atoms with Crippen molar-refractivity contribution in [1.82, 2.24) is 0 Å². The Morgan fingerprint density at radius 2 is 1.92 bits per heavy atom. The lowest BCUT2D eigenvalue weighted by molar-refractivity contribution is -0.0269. The van der Waals surface area contributed by atoms with Crippen LogP contribution in [0.15, 0.2) is 43.0 Å². The number of thioether (sulfide) groups is 2. The molecule has 1 aliphatic rings. The van der Waals surface area contributed by atoms with E-state index in [0.29, 0.717) is 18.9 Å². The van der Waals surface area contributed by atoms with E-state index < -0.39 is 5.60 Å². The molecule has 1 saturated heterocycles. The van der Waals surface area contributed by atoms with Gasteiger partial charge in [0, 0.05) is 6.42 Å². The topological polar surface area (TPSA) is 29.5 Å². The summed E-state index contributed by atoms with van der Waals surface area (Å²) in [4.78, 5) is 0. The van der Waals surface area contributed by atoms with Crippen molar-refractivity contribution in [2.24, 2.45) is 5.92 Å². The van der Waals surface area contributed by atoms with E-state index >= 15 is 0 Å². The molecule has 1 aromatic rings. The Labute approximate surface area is 155 Å². The maximum atomic E-state index is 10.6. The highest BCUT2D eigenvalue weighted by molar-refractivity contribution is 8.18. The van der Waals surface area contributed by atoms with Crippen LogP contribution >= 0.6 is 23.5 Å². The second-order valence-corrected chi connectivity index (χ2v) is 9.98. The zero-order valence-corrected chi connectivity index (χ0v) is 16.7. The first-order valence-corrected chi connectivity index (χ1v) is 10.7. The first-order valence-electron chi connectivity index (χ1n) is 8.69. The van der Waals surface area contributed by atoms with E-state index in [1.54, 1.807) is 6.08 Å². The maximum absolute atomic E-state index is 10.6. The second kappa shape index (κ2) is 8.79. The average molecular weight is 367 g/mol. The fourth-order valence-electron chi connectivity index (χ4n) is 3.00. The van der Waals surface area contributed by atoms with Gasteiger partial charge in [-0.3, -0.25) is 0 Å². The van der Waals surface area contributed by atoms with Crippen LogP contribution < -0.4 is 0 Å². The summed E-state index contributed by atoms with van der Waals surface area (Å²) in [6.07, 6.45) is 3.42. The van der Waals surface area contributed by atoms with Gasteiger partial charge < -0.3 is 9.84 Å². The molecule has 1 N–H and O–H groups in total. The van der Waals surface area contributed by atoms with Crippen molar-refractivity contribution in [3.63, 3.8) is 0 Å². The van der Waals surface area contributed by atoms with Crippen LogP contribution in [0, 0.1) is 5.92 Å². The fraction of sp³-hybridized carbons (Fsp3) is 0.600. The first-order chi connectivity index (χ1) is 11.4. The van der Waals surface area contributed by atoms with Gasteiger partial charge in [0.2, 0.25) is 0 Å². The summed E-state index contributed by atoms with van der Waals surface area (Å²) in [5.74, 6) is 2.79. The molecule has 0 aromatic heterocycles. The molecule has 134 valence electrons. The normalized spacial score (nSPS) is 21.2. The predicted octanol–water partition coefficient (Wildman–Crippen LogP) is 5.12. The Hall–Kier alpha value is -0.420. The second-order valence-electron chi connectivity index (χ2n) is 6.98. The molecule has 4 heteroatoms. The van der Waals surface area contributed by atoms with Gasteiger partial charge in [0.15, 0.2) is 0 Å². The molecule has 2 rings (SSSR count). The smallest absolute Gasteiger partial charge is 0.0895 e. The van der Waals surface area contributed by atoms with Crippen molar-refractivity contribution in [1.29, 1.82) is 0 Å². The molecule has 1 aromatic carbocycles. The van der Waals surface area contributed by atoms with Crippen LogP contribution in [-0.2, 0) is 11.3 Å². The van der Waals surface area contributed by atoms with Gasteiger partial charge >= 0.3 is 0 Å². The summed E-state index contributed by atoms with van der Waals surface area (Å²) < 4.78 is 6.41. The van der Waals surface area contributed by atoms with Gasteiger partial charge in [-0.15, -0.1) is 30.1 Å². The Bertz CT molecular complexity index is 508. The molecule has 0 amide bonds. The number of hydrogen-bond acceptors (Lipinski definition) is 4. The highest BCUT2D eigenvalue weighted by atomic mass is 32.2. The lowest BCUT2D eigenvalue weighted by Crippen LogP contribution is -2.48. The number of ether oxygens (including phenoxy) is 1. The van der Waals surface area contributed by atoms with E-state index in [1.807, 2.05) is 48.6 Å². The number of benzene rings is 1. The van der Waals surface area contributed by atoms with Crippen LogP contribution in [0.3, 0.4) is 0 Å². The molecular weight excluding hydrogens is 336 g/mol. The Balaban J connectivity index is 2.21. The largest absolute Gasteiger partial charge is 0.386 e. The summed E-state index contributed by atoms with van der Waals surface area (Å²) in [5.41, 5.74) is 0.257. The molecule has 1 fully saturated rings. The molecule has 0 saturated carbocycles. The van der Waals surface area contributed by atoms with E-state index in [1.165, 1.54) is 12.0 Å². The minimum absolute atomic E-state index is 0.0139. The Morgan fingerprint density at radius 3 is 2.46 bits per heavy atom. The lowest BCUT2D eigenvalue weighted by atomic mass is 9.92. The fourth-order valence-corrected chi connectivity index (χ4v) is 6.57. The van der Waals surface area contributed by atoms with E-state index in [-0.39, 0.29) is 10.2 Å². The van der Waals surface area contributed by atoms with Crippen molar-refractivity contribution < 1.29 is 9.84 Å². The number of hydrogen-bond donors (Lipinski definition) is 1. The van der Waals surface area contributed by atoms with Gasteiger partial charge in [0.1, 0.15) is 0 Å². The lowest BCUT2D eigenvalue weighted by Gasteiger charge is -2.46. The maximum Gasteiger partial charge on any atom is 0.0895 e. The third kappa shape index (κ3) is 5.04. The molecule has 0 radical (unpaired) electrons. The van der Waals surface area contributed by atoms with Crippen LogP contribution in [0.1, 0.15) is 39.2 Å². The number of rotatable bonds is 8. The zero-order valence-electron chi connectivity index (χ0n) is 15.0. The third-order valence-electron chi connectivity index (χ3n) is 4.53. The summed E-state index contributed by atoms with van der Waals surface area (Å²) in [6, 6.07) is 10.3. The van der Waals surface area contributed by atoms with Crippen molar-refractivity contribution in [3.05, 3.63) is 48.6 Å². The van der Waals surface area contributed by atoms with Crippen LogP contribution in [0.2, 0.25) is 0 Å². The highest BCUT2D eigenvalue weighted by Crippen LogP contribution is 2.52. The summed E-state index contributed by atoms with van der Waals surface area (Å²) in [6.45, 7) is 10.7. The van der Waals surface area contributed by atoms with Crippen LogP contribution in [0.5, 0.6) is 0 Å². The quantitative estimate of drug-likeness (QED) is 0.647. The average Bonchev–Trinajstić information content (AvgIpc) is 2.60. The molecule has 24 heavy (non-hydrogen) atoms. The molecule has 0 bridgehead atoms. The monoisotopic (exact) mass is 366 g/mol. The Morgan fingerprint density at radius 1 is 1.29 bits per heavy atom. The van der Waals surface area contributed by atoms with E-state index in [4.69, 9.17) is 4.74 Å². The van der Waals surface area contributed by atoms with Crippen molar-refractivity contribution >= 4 is 23.5 Å². The Kier molecular flexibility index (Phi) is 7.29. The number of aliphatic hydroxyl groups is 1. The van der Waals surface area contributed by atoms with Crippen LogP contribution in [0.25, 0.3) is 0 Å². The molecule has 0 unspecified atom stereocenters.